The number of hydrogen-bond donors (Lipinski definition) is 1. The molecule has 0 aromatic heterocycles. The fourth-order valence-corrected chi connectivity index (χ4v) is 3.11. The van der Waals surface area contributed by atoms with Crippen LogP contribution in [-0.2, 0) is 11.3 Å². The van der Waals surface area contributed by atoms with Gasteiger partial charge in [0.2, 0.25) is 0 Å². The van der Waals surface area contributed by atoms with Crippen LogP contribution in [0.3, 0.4) is 0 Å². The molecule has 2 atom stereocenters. The summed E-state index contributed by atoms with van der Waals surface area (Å²) in [7, 11) is 1.74. The average molecular weight is 237 g/mol. The largest absolute Gasteiger partial charge is 0.380 e. The molecular weight excluding hydrogens is 218 g/mol. The van der Waals surface area contributed by atoms with Crippen LogP contribution < -0.4 is 5.32 Å². The second-order valence-electron chi connectivity index (χ2n) is 4.40. The lowest BCUT2D eigenvalue weighted by molar-refractivity contribution is 0.185. The minimum absolute atomic E-state index is 0.452. The zero-order chi connectivity index (χ0) is 11.4. The molecule has 1 aliphatic heterocycles. The third kappa shape index (κ3) is 3.00. The van der Waals surface area contributed by atoms with Crippen molar-refractivity contribution in [3.8, 4) is 0 Å². The molecule has 16 heavy (non-hydrogen) atoms. The van der Waals surface area contributed by atoms with Crippen molar-refractivity contribution in [2.45, 2.75) is 18.9 Å². The Morgan fingerprint density at radius 1 is 1.50 bits per heavy atom. The summed E-state index contributed by atoms with van der Waals surface area (Å²) in [5.41, 5.74) is 2.62. The molecule has 0 spiro atoms. The highest BCUT2D eigenvalue weighted by Gasteiger charge is 2.19. The highest BCUT2D eigenvalue weighted by atomic mass is 32.2. The Labute approximate surface area is 102 Å². The van der Waals surface area contributed by atoms with Crippen LogP contribution in [0, 0.1) is 5.92 Å². The first-order chi connectivity index (χ1) is 7.79. The van der Waals surface area contributed by atoms with Crippen LogP contribution in [0.15, 0.2) is 24.3 Å². The van der Waals surface area contributed by atoms with E-state index in [9.17, 15) is 0 Å². The topological polar surface area (TPSA) is 21.3 Å². The van der Waals surface area contributed by atoms with Gasteiger partial charge in [0, 0.05) is 7.11 Å². The molecular formula is C13H19NOS. The molecule has 0 amide bonds. The van der Waals surface area contributed by atoms with Gasteiger partial charge in [-0.05, 0) is 29.3 Å². The number of nitrogens with one attached hydrogen (secondary N) is 1. The van der Waals surface area contributed by atoms with Crippen LogP contribution in [-0.4, -0.2) is 19.4 Å². The van der Waals surface area contributed by atoms with Gasteiger partial charge >= 0.3 is 0 Å². The maximum Gasteiger partial charge on any atom is 0.0789 e. The Kier molecular flexibility index (Phi) is 4.27. The van der Waals surface area contributed by atoms with Crippen LogP contribution in [0.4, 0.5) is 0 Å². The molecule has 3 heteroatoms. The zero-order valence-electron chi connectivity index (χ0n) is 9.90. The van der Waals surface area contributed by atoms with Gasteiger partial charge in [-0.1, -0.05) is 31.2 Å². The zero-order valence-corrected chi connectivity index (χ0v) is 10.7. The number of rotatable bonds is 3. The lowest BCUT2D eigenvalue weighted by Gasteiger charge is -2.27. The van der Waals surface area contributed by atoms with Crippen molar-refractivity contribution in [3.63, 3.8) is 0 Å². The Hall–Kier alpha value is -0.510. The lowest BCUT2D eigenvalue weighted by atomic mass is 10.1. The van der Waals surface area contributed by atoms with E-state index in [0.717, 1.165) is 12.5 Å². The molecule has 1 fully saturated rings. The maximum absolute atomic E-state index is 5.16. The van der Waals surface area contributed by atoms with Crippen LogP contribution in [0.2, 0.25) is 0 Å². The average Bonchev–Trinajstić information content (AvgIpc) is 2.31. The summed E-state index contributed by atoms with van der Waals surface area (Å²) >= 11 is 2.00. The molecule has 2 nitrogen and oxygen atoms in total. The fraction of sp³-hybridized carbons (Fsp3) is 0.538. The maximum atomic E-state index is 5.16. The van der Waals surface area contributed by atoms with E-state index in [1.165, 1.54) is 16.9 Å². The van der Waals surface area contributed by atoms with Crippen molar-refractivity contribution in [1.29, 1.82) is 0 Å². The molecule has 0 saturated carbocycles. The molecule has 0 bridgehead atoms. The smallest absolute Gasteiger partial charge is 0.0789 e. The Morgan fingerprint density at radius 2 is 2.38 bits per heavy atom. The highest BCUT2D eigenvalue weighted by molar-refractivity contribution is 7.99. The van der Waals surface area contributed by atoms with Crippen LogP contribution in [0.5, 0.6) is 0 Å². The first kappa shape index (κ1) is 12.0. The van der Waals surface area contributed by atoms with E-state index >= 15 is 0 Å². The predicted octanol–water partition coefficient (Wildman–Crippen LogP) is 2.80. The van der Waals surface area contributed by atoms with Gasteiger partial charge in [0.05, 0.1) is 12.0 Å². The van der Waals surface area contributed by atoms with E-state index in [4.69, 9.17) is 4.74 Å². The molecule has 0 aliphatic carbocycles. The quantitative estimate of drug-likeness (QED) is 0.873. The molecule has 1 aromatic rings. The SMILES string of the molecule is COCc1cccc(C2NCC(C)CS2)c1. The molecule has 1 heterocycles. The minimum Gasteiger partial charge on any atom is -0.380 e. The van der Waals surface area contributed by atoms with E-state index in [2.05, 4.69) is 36.5 Å². The van der Waals surface area contributed by atoms with Crippen molar-refractivity contribution in [2.75, 3.05) is 19.4 Å². The molecule has 2 rings (SSSR count). The van der Waals surface area contributed by atoms with E-state index in [1.54, 1.807) is 7.11 Å². The minimum atomic E-state index is 0.452. The van der Waals surface area contributed by atoms with Gasteiger partial charge in [-0.25, -0.2) is 0 Å². The summed E-state index contributed by atoms with van der Waals surface area (Å²) in [5, 5.41) is 4.03. The van der Waals surface area contributed by atoms with Crippen LogP contribution >= 0.6 is 11.8 Å². The number of benzene rings is 1. The molecule has 1 aromatic carbocycles. The van der Waals surface area contributed by atoms with Gasteiger partial charge in [-0.3, -0.25) is 0 Å². The monoisotopic (exact) mass is 237 g/mol. The second kappa shape index (κ2) is 5.71. The van der Waals surface area contributed by atoms with Crippen LogP contribution in [0.25, 0.3) is 0 Å². The van der Waals surface area contributed by atoms with E-state index < -0.39 is 0 Å². The van der Waals surface area contributed by atoms with Gasteiger partial charge in [0.15, 0.2) is 0 Å². The fourth-order valence-electron chi connectivity index (χ4n) is 1.91. The summed E-state index contributed by atoms with van der Waals surface area (Å²) in [5.74, 6) is 2.02. The first-order valence-corrected chi connectivity index (χ1v) is 6.77. The highest BCUT2D eigenvalue weighted by Crippen LogP contribution is 2.31. The number of methoxy groups -OCH3 is 1. The lowest BCUT2D eigenvalue weighted by Crippen LogP contribution is -2.31. The summed E-state index contributed by atoms with van der Waals surface area (Å²) in [6.07, 6.45) is 0. The molecule has 0 radical (unpaired) electrons. The normalized spacial score (nSPS) is 25.6. The van der Waals surface area contributed by atoms with Gasteiger partial charge in [-0.15, -0.1) is 11.8 Å². The third-order valence-electron chi connectivity index (χ3n) is 2.76. The standard InChI is InChI=1S/C13H19NOS/c1-10-7-14-13(16-9-10)12-5-3-4-11(6-12)8-15-2/h3-6,10,13-14H,7-9H2,1-2H3. The third-order valence-corrected chi connectivity index (χ3v) is 4.30. The van der Waals surface area contributed by atoms with E-state index in [-0.39, 0.29) is 0 Å². The summed E-state index contributed by atoms with van der Waals surface area (Å²) in [6, 6.07) is 8.66. The molecule has 1 aliphatic rings. The van der Waals surface area contributed by atoms with Gasteiger partial charge in [0.25, 0.3) is 0 Å². The Morgan fingerprint density at radius 3 is 3.06 bits per heavy atom. The number of ether oxygens (including phenoxy) is 1. The Bertz CT molecular complexity index is 334. The van der Waals surface area contributed by atoms with Crippen molar-refractivity contribution < 1.29 is 4.74 Å². The van der Waals surface area contributed by atoms with E-state index in [1.807, 2.05) is 11.8 Å². The summed E-state index contributed by atoms with van der Waals surface area (Å²) in [6.45, 7) is 4.10. The predicted molar refractivity (Wildman–Crippen MR) is 69.5 cm³/mol. The molecule has 2 unspecified atom stereocenters. The molecule has 88 valence electrons. The number of hydrogen-bond acceptors (Lipinski definition) is 3. The van der Waals surface area contributed by atoms with Gasteiger partial charge in [0.1, 0.15) is 0 Å². The first-order valence-electron chi connectivity index (χ1n) is 5.72. The summed E-state index contributed by atoms with van der Waals surface area (Å²) < 4.78 is 5.16. The second-order valence-corrected chi connectivity index (χ2v) is 5.54. The molecule has 1 N–H and O–H groups in total. The van der Waals surface area contributed by atoms with Gasteiger partial charge in [-0.2, -0.15) is 0 Å². The number of thioether (sulfide) groups is 1. The van der Waals surface area contributed by atoms with Crippen LogP contribution in [0.1, 0.15) is 23.4 Å². The Balaban J connectivity index is 2.05. The van der Waals surface area contributed by atoms with Crippen molar-refractivity contribution in [1.82, 2.24) is 5.32 Å². The van der Waals surface area contributed by atoms with Crippen molar-refractivity contribution in [2.24, 2.45) is 5.92 Å². The van der Waals surface area contributed by atoms with Crippen molar-refractivity contribution >= 4 is 11.8 Å². The van der Waals surface area contributed by atoms with E-state index in [0.29, 0.717) is 12.0 Å². The molecule has 1 saturated heterocycles. The van der Waals surface area contributed by atoms with Gasteiger partial charge < -0.3 is 10.1 Å². The van der Waals surface area contributed by atoms with Crippen molar-refractivity contribution in [3.05, 3.63) is 35.4 Å². The summed E-state index contributed by atoms with van der Waals surface area (Å²) in [4.78, 5) is 0.